The van der Waals surface area contributed by atoms with Gasteiger partial charge < -0.3 is 4.74 Å². The lowest BCUT2D eigenvalue weighted by molar-refractivity contribution is 0.0734. The van der Waals surface area contributed by atoms with Crippen LogP contribution in [0, 0.1) is 17.1 Å². The van der Waals surface area contributed by atoms with Crippen molar-refractivity contribution >= 4 is 16.0 Å². The third-order valence-corrected chi connectivity index (χ3v) is 7.18. The molecule has 3 aromatic carbocycles. The molecule has 0 spiro atoms. The molecule has 0 atom stereocenters. The quantitative estimate of drug-likeness (QED) is 0.426. The van der Waals surface area contributed by atoms with E-state index in [1.165, 1.54) is 10.4 Å². The molecule has 8 heteroatoms. The number of carbonyl (C=O) groups excluding carboxylic acids is 1. The molecule has 1 aliphatic heterocycles. The van der Waals surface area contributed by atoms with E-state index in [4.69, 9.17) is 10.00 Å². The molecule has 0 radical (unpaired) electrons. The fraction of sp³-hybridized carbons (Fsp3) is 0.167. The molecule has 0 saturated carbocycles. The van der Waals surface area contributed by atoms with Gasteiger partial charge in [0.2, 0.25) is 10.0 Å². The lowest BCUT2D eigenvalue weighted by Crippen LogP contribution is -2.29. The monoisotopic (exact) mass is 450 g/mol. The van der Waals surface area contributed by atoms with Crippen molar-refractivity contribution in [1.29, 1.82) is 5.26 Å². The van der Waals surface area contributed by atoms with Gasteiger partial charge in [-0.15, -0.1) is 0 Å². The van der Waals surface area contributed by atoms with E-state index in [0.29, 0.717) is 18.7 Å². The van der Waals surface area contributed by atoms with Crippen LogP contribution in [-0.4, -0.2) is 31.8 Å². The van der Waals surface area contributed by atoms with Crippen LogP contribution in [0.3, 0.4) is 0 Å². The van der Waals surface area contributed by atoms with Crippen LogP contribution in [0.2, 0.25) is 0 Å². The topological polar surface area (TPSA) is 87.5 Å². The number of ether oxygens (including phenoxy) is 1. The molecule has 0 N–H and O–H groups in total. The van der Waals surface area contributed by atoms with Crippen LogP contribution in [-0.2, 0) is 10.0 Å². The van der Waals surface area contributed by atoms with E-state index in [2.05, 4.69) is 6.07 Å². The number of rotatable bonds is 5. The Kier molecular flexibility index (Phi) is 6.04. The van der Waals surface area contributed by atoms with Gasteiger partial charge >= 0.3 is 5.97 Å². The number of esters is 1. The number of hydrogen-bond acceptors (Lipinski definition) is 5. The summed E-state index contributed by atoms with van der Waals surface area (Å²) in [7, 11) is -4.01. The first-order chi connectivity index (χ1) is 15.4. The molecule has 1 heterocycles. The summed E-state index contributed by atoms with van der Waals surface area (Å²) in [6.07, 6.45) is 1.45. The van der Waals surface area contributed by atoms with Crippen LogP contribution >= 0.6 is 0 Å². The van der Waals surface area contributed by atoms with Crippen LogP contribution in [0.5, 0.6) is 5.75 Å². The van der Waals surface area contributed by atoms with Gasteiger partial charge in [0, 0.05) is 13.1 Å². The summed E-state index contributed by atoms with van der Waals surface area (Å²) in [5, 5.41) is 8.89. The molecule has 1 aliphatic rings. The van der Waals surface area contributed by atoms with Crippen molar-refractivity contribution < 1.29 is 22.3 Å². The first-order valence-electron chi connectivity index (χ1n) is 10.0. The Morgan fingerprint density at radius 3 is 2.12 bits per heavy atom. The van der Waals surface area contributed by atoms with E-state index >= 15 is 0 Å². The largest absolute Gasteiger partial charge is 0.423 e. The summed E-state index contributed by atoms with van der Waals surface area (Å²) in [5.74, 6) is -1.42. The smallest absolute Gasteiger partial charge is 0.343 e. The first-order valence-corrected chi connectivity index (χ1v) is 11.4. The van der Waals surface area contributed by atoms with Crippen molar-refractivity contribution in [2.24, 2.45) is 0 Å². The highest BCUT2D eigenvalue weighted by atomic mass is 32.2. The fourth-order valence-electron chi connectivity index (χ4n) is 3.51. The highest BCUT2D eigenvalue weighted by molar-refractivity contribution is 7.89. The summed E-state index contributed by atoms with van der Waals surface area (Å²) >= 11 is 0. The SMILES string of the molecule is N#Cc1ccc(-c2ccc(OC(=O)c3ccc(F)c(S(=O)(=O)N4CCCC4)c3)cc2)cc1. The molecule has 1 saturated heterocycles. The van der Waals surface area contributed by atoms with Gasteiger partial charge in [0.15, 0.2) is 0 Å². The van der Waals surface area contributed by atoms with Gasteiger partial charge in [0.25, 0.3) is 0 Å². The zero-order valence-electron chi connectivity index (χ0n) is 17.0. The Morgan fingerprint density at radius 1 is 0.938 bits per heavy atom. The summed E-state index contributed by atoms with van der Waals surface area (Å²) in [6, 6.07) is 19.1. The van der Waals surface area contributed by atoms with Crippen molar-refractivity contribution in [3.05, 3.63) is 83.7 Å². The molecule has 3 aromatic rings. The zero-order chi connectivity index (χ0) is 22.7. The average Bonchev–Trinajstić information content (AvgIpc) is 3.36. The van der Waals surface area contributed by atoms with Crippen LogP contribution in [0.4, 0.5) is 4.39 Å². The van der Waals surface area contributed by atoms with Gasteiger partial charge in [-0.3, -0.25) is 0 Å². The lowest BCUT2D eigenvalue weighted by Gasteiger charge is -2.16. The fourth-order valence-corrected chi connectivity index (χ4v) is 5.12. The average molecular weight is 450 g/mol. The number of hydrogen-bond donors (Lipinski definition) is 0. The Labute approximate surface area is 185 Å². The molecule has 1 fully saturated rings. The molecular weight excluding hydrogens is 431 g/mol. The maximum Gasteiger partial charge on any atom is 0.343 e. The highest BCUT2D eigenvalue weighted by Gasteiger charge is 2.30. The Hall–Kier alpha value is -3.54. The third kappa shape index (κ3) is 4.40. The van der Waals surface area contributed by atoms with Gasteiger partial charge in [-0.05, 0) is 66.4 Å². The minimum absolute atomic E-state index is 0.0552. The molecule has 32 heavy (non-hydrogen) atoms. The molecule has 0 amide bonds. The van der Waals surface area contributed by atoms with Crippen molar-refractivity contribution in [2.75, 3.05) is 13.1 Å². The summed E-state index contributed by atoms with van der Waals surface area (Å²) in [4.78, 5) is 12.0. The van der Waals surface area contributed by atoms with Crippen LogP contribution in [0.25, 0.3) is 11.1 Å². The zero-order valence-corrected chi connectivity index (χ0v) is 17.8. The van der Waals surface area contributed by atoms with Gasteiger partial charge in [-0.2, -0.15) is 9.57 Å². The minimum Gasteiger partial charge on any atom is -0.423 e. The molecule has 0 unspecified atom stereocenters. The number of nitrogens with zero attached hydrogens (tertiary/aromatic N) is 2. The van der Waals surface area contributed by atoms with E-state index in [-0.39, 0.29) is 11.3 Å². The molecule has 0 bridgehead atoms. The molecule has 0 aromatic heterocycles. The summed E-state index contributed by atoms with van der Waals surface area (Å²) in [6.45, 7) is 0.671. The Morgan fingerprint density at radius 2 is 1.53 bits per heavy atom. The van der Waals surface area contributed by atoms with E-state index in [0.717, 1.165) is 36.1 Å². The van der Waals surface area contributed by atoms with E-state index < -0.39 is 26.7 Å². The minimum atomic E-state index is -4.01. The molecule has 162 valence electrons. The second-order valence-electron chi connectivity index (χ2n) is 7.36. The maximum atomic E-state index is 14.3. The van der Waals surface area contributed by atoms with E-state index in [1.807, 2.05) is 12.1 Å². The van der Waals surface area contributed by atoms with Crippen LogP contribution in [0.1, 0.15) is 28.8 Å². The number of sulfonamides is 1. The number of halogens is 1. The third-order valence-electron chi connectivity index (χ3n) is 5.26. The maximum absolute atomic E-state index is 14.3. The predicted molar refractivity (Wildman–Crippen MR) is 116 cm³/mol. The van der Waals surface area contributed by atoms with Crippen molar-refractivity contribution in [1.82, 2.24) is 4.31 Å². The Balaban J connectivity index is 1.52. The molecule has 0 aliphatic carbocycles. The standard InChI is InChI=1S/C24H19FN2O4S/c25-22-12-9-20(15-23(22)32(29,30)27-13-1-2-14-27)24(28)31-21-10-7-19(8-11-21)18-5-3-17(16-26)4-6-18/h3-12,15H,1-2,13-14H2. The van der Waals surface area contributed by atoms with Gasteiger partial charge in [0.05, 0.1) is 17.2 Å². The second kappa shape index (κ2) is 8.91. The summed E-state index contributed by atoms with van der Waals surface area (Å²) < 4.78 is 46.3. The lowest BCUT2D eigenvalue weighted by atomic mass is 10.0. The van der Waals surface area contributed by atoms with Crippen LogP contribution in [0.15, 0.2) is 71.6 Å². The van der Waals surface area contributed by atoms with Crippen LogP contribution < -0.4 is 4.74 Å². The second-order valence-corrected chi connectivity index (χ2v) is 9.27. The van der Waals surface area contributed by atoms with Crippen molar-refractivity contribution in [3.63, 3.8) is 0 Å². The normalized spacial score (nSPS) is 14.1. The number of nitriles is 1. The summed E-state index contributed by atoms with van der Waals surface area (Å²) in [5.41, 5.74) is 2.28. The van der Waals surface area contributed by atoms with Gasteiger partial charge in [-0.1, -0.05) is 24.3 Å². The van der Waals surface area contributed by atoms with E-state index in [9.17, 15) is 17.6 Å². The highest BCUT2D eigenvalue weighted by Crippen LogP contribution is 2.26. The number of benzene rings is 3. The molecule has 6 nitrogen and oxygen atoms in total. The molecule has 4 rings (SSSR count). The van der Waals surface area contributed by atoms with Gasteiger partial charge in [-0.25, -0.2) is 17.6 Å². The Bertz CT molecular complexity index is 1290. The first kappa shape index (κ1) is 21.7. The van der Waals surface area contributed by atoms with E-state index in [1.54, 1.807) is 36.4 Å². The number of carbonyl (C=O) groups is 1. The van der Waals surface area contributed by atoms with Crippen molar-refractivity contribution in [3.8, 4) is 22.9 Å². The van der Waals surface area contributed by atoms with Crippen molar-refractivity contribution in [2.45, 2.75) is 17.7 Å². The predicted octanol–water partition coefficient (Wildman–Crippen LogP) is 4.37. The molecular formula is C24H19FN2O4S. The van der Waals surface area contributed by atoms with Gasteiger partial charge in [0.1, 0.15) is 16.5 Å².